The Morgan fingerprint density at radius 1 is 1.56 bits per heavy atom. The molecule has 1 fully saturated rings. The van der Waals surface area contributed by atoms with Gasteiger partial charge in [0.2, 0.25) is 11.8 Å². The summed E-state index contributed by atoms with van der Waals surface area (Å²) in [6, 6.07) is 0.600. The van der Waals surface area contributed by atoms with Crippen LogP contribution in [0, 0.1) is 0 Å². The van der Waals surface area contributed by atoms with Crippen LogP contribution < -0.4 is 9.64 Å². The molecule has 0 atom stereocenters. The van der Waals surface area contributed by atoms with E-state index in [1.807, 2.05) is 0 Å². The lowest BCUT2D eigenvalue weighted by Gasteiger charge is -2.21. The van der Waals surface area contributed by atoms with Crippen LogP contribution in [0.15, 0.2) is 10.7 Å². The normalized spacial score (nSPS) is 14.9. The van der Waals surface area contributed by atoms with Gasteiger partial charge < -0.3 is 9.64 Å². The molecular formula is C10H13Br2N3O. The van der Waals surface area contributed by atoms with Crippen molar-refractivity contribution in [1.82, 2.24) is 9.97 Å². The van der Waals surface area contributed by atoms with Crippen molar-refractivity contribution < 1.29 is 4.74 Å². The second kappa shape index (κ2) is 5.31. The van der Waals surface area contributed by atoms with Crippen molar-refractivity contribution in [2.45, 2.75) is 18.9 Å². The Balaban J connectivity index is 2.23. The molecule has 0 radical (unpaired) electrons. The summed E-state index contributed by atoms with van der Waals surface area (Å²) in [6.45, 7) is 0.926. The number of hydrogen-bond donors (Lipinski definition) is 0. The summed E-state index contributed by atoms with van der Waals surface area (Å²) in [5.41, 5.74) is 0. The zero-order valence-corrected chi connectivity index (χ0v) is 12.2. The van der Waals surface area contributed by atoms with Gasteiger partial charge in [0.05, 0.1) is 17.8 Å². The van der Waals surface area contributed by atoms with E-state index in [1.165, 1.54) is 12.8 Å². The van der Waals surface area contributed by atoms with Crippen LogP contribution in [0.3, 0.4) is 0 Å². The molecule has 0 amide bonds. The first kappa shape index (κ1) is 12.1. The summed E-state index contributed by atoms with van der Waals surface area (Å²) in [5.74, 6) is 1.34. The number of nitrogens with zero attached hydrogens (tertiary/aromatic N) is 3. The second-order valence-corrected chi connectivity index (χ2v) is 5.29. The first-order chi connectivity index (χ1) is 7.76. The largest absolute Gasteiger partial charge is 0.480 e. The van der Waals surface area contributed by atoms with Crippen molar-refractivity contribution >= 4 is 37.8 Å². The third kappa shape index (κ3) is 2.66. The highest BCUT2D eigenvalue weighted by Gasteiger charge is 2.30. The Hall–Kier alpha value is -0.360. The fourth-order valence-electron chi connectivity index (χ4n) is 1.55. The molecule has 0 aromatic carbocycles. The zero-order chi connectivity index (χ0) is 11.5. The van der Waals surface area contributed by atoms with E-state index >= 15 is 0 Å². The molecule has 1 aliphatic rings. The quantitative estimate of drug-likeness (QED) is 0.765. The number of hydrogen-bond acceptors (Lipinski definition) is 4. The molecule has 1 aromatic heterocycles. The first-order valence-electron chi connectivity index (χ1n) is 5.15. The van der Waals surface area contributed by atoms with Gasteiger partial charge in [0.1, 0.15) is 0 Å². The van der Waals surface area contributed by atoms with Gasteiger partial charge in [0.15, 0.2) is 0 Å². The summed E-state index contributed by atoms with van der Waals surface area (Å²) >= 11 is 6.81. The number of halogens is 2. The van der Waals surface area contributed by atoms with E-state index in [1.54, 1.807) is 13.3 Å². The van der Waals surface area contributed by atoms with Gasteiger partial charge in [-0.3, -0.25) is 0 Å². The minimum Gasteiger partial charge on any atom is -0.480 e. The predicted octanol–water partition coefficient (Wildman–Crippen LogP) is 2.61. The maximum Gasteiger partial charge on any atom is 0.232 e. The summed E-state index contributed by atoms with van der Waals surface area (Å²) in [6.07, 6.45) is 4.20. The second-order valence-electron chi connectivity index (χ2n) is 3.64. The molecule has 0 aliphatic heterocycles. The smallest absolute Gasteiger partial charge is 0.232 e. The molecule has 1 aromatic rings. The Morgan fingerprint density at radius 2 is 2.31 bits per heavy atom. The third-order valence-electron chi connectivity index (χ3n) is 2.46. The van der Waals surface area contributed by atoms with E-state index in [9.17, 15) is 0 Å². The molecule has 1 saturated carbocycles. The Bertz CT molecular complexity index is 371. The highest BCUT2D eigenvalue weighted by Crippen LogP contribution is 2.31. The first-order valence-corrected chi connectivity index (χ1v) is 7.07. The molecule has 88 valence electrons. The summed E-state index contributed by atoms with van der Waals surface area (Å²) in [4.78, 5) is 11.0. The van der Waals surface area contributed by atoms with Crippen LogP contribution in [-0.4, -0.2) is 35.0 Å². The van der Waals surface area contributed by atoms with E-state index in [0.29, 0.717) is 11.9 Å². The average molecular weight is 351 g/mol. The van der Waals surface area contributed by atoms with Crippen LogP contribution in [0.4, 0.5) is 5.95 Å². The van der Waals surface area contributed by atoms with Crippen LogP contribution >= 0.6 is 31.9 Å². The highest BCUT2D eigenvalue weighted by molar-refractivity contribution is 9.10. The molecule has 4 nitrogen and oxygen atoms in total. The van der Waals surface area contributed by atoms with E-state index < -0.39 is 0 Å². The Kier molecular flexibility index (Phi) is 4.02. The van der Waals surface area contributed by atoms with Crippen molar-refractivity contribution in [3.05, 3.63) is 10.7 Å². The molecule has 0 saturated heterocycles. The fourth-order valence-corrected chi connectivity index (χ4v) is 2.28. The van der Waals surface area contributed by atoms with Crippen molar-refractivity contribution in [3.8, 4) is 5.88 Å². The lowest BCUT2D eigenvalue weighted by molar-refractivity contribution is 0.393. The molecule has 2 rings (SSSR count). The van der Waals surface area contributed by atoms with Gasteiger partial charge in [-0.05, 0) is 28.8 Å². The van der Waals surface area contributed by atoms with Gasteiger partial charge in [-0.2, -0.15) is 4.98 Å². The van der Waals surface area contributed by atoms with Gasteiger partial charge in [-0.15, -0.1) is 0 Å². The molecule has 0 N–H and O–H groups in total. The summed E-state index contributed by atoms with van der Waals surface area (Å²) in [5, 5.41) is 0.922. The molecule has 6 heteroatoms. The lowest BCUT2D eigenvalue weighted by Crippen LogP contribution is -2.29. The topological polar surface area (TPSA) is 38.2 Å². The third-order valence-corrected chi connectivity index (χ3v) is 3.36. The number of aromatic nitrogens is 2. The molecule has 0 spiro atoms. The van der Waals surface area contributed by atoms with E-state index in [0.717, 1.165) is 22.3 Å². The minimum absolute atomic E-state index is 0.588. The molecular weight excluding hydrogens is 338 g/mol. The van der Waals surface area contributed by atoms with Gasteiger partial charge in [-0.25, -0.2) is 4.98 Å². The van der Waals surface area contributed by atoms with Crippen LogP contribution in [0.2, 0.25) is 0 Å². The maximum atomic E-state index is 5.18. The SMILES string of the molecule is COc1nc(N(CCBr)C2CC2)ncc1Br. The van der Waals surface area contributed by atoms with E-state index in [4.69, 9.17) is 4.74 Å². The van der Waals surface area contributed by atoms with Crippen molar-refractivity contribution in [2.75, 3.05) is 23.9 Å². The molecule has 0 bridgehead atoms. The maximum absolute atomic E-state index is 5.18. The van der Waals surface area contributed by atoms with E-state index in [2.05, 4.69) is 46.7 Å². The minimum atomic E-state index is 0.588. The van der Waals surface area contributed by atoms with Crippen LogP contribution in [-0.2, 0) is 0 Å². The van der Waals surface area contributed by atoms with Gasteiger partial charge in [0.25, 0.3) is 0 Å². The predicted molar refractivity (Wildman–Crippen MR) is 70.4 cm³/mol. The van der Waals surface area contributed by atoms with Gasteiger partial charge >= 0.3 is 0 Å². The summed E-state index contributed by atoms with van der Waals surface area (Å²) < 4.78 is 5.96. The number of ether oxygens (including phenoxy) is 1. The number of methoxy groups -OCH3 is 1. The Morgan fingerprint density at radius 3 is 2.88 bits per heavy atom. The van der Waals surface area contributed by atoms with Gasteiger partial charge in [0, 0.05) is 17.9 Å². The molecule has 1 heterocycles. The standard InChI is InChI=1S/C10H13Br2N3O/c1-16-9-8(12)6-13-10(14-9)15(5-4-11)7-2-3-7/h6-7H,2-5H2,1H3. The van der Waals surface area contributed by atoms with Crippen LogP contribution in [0.25, 0.3) is 0 Å². The average Bonchev–Trinajstić information content (AvgIpc) is 3.11. The highest BCUT2D eigenvalue weighted by atomic mass is 79.9. The van der Waals surface area contributed by atoms with Crippen molar-refractivity contribution in [1.29, 1.82) is 0 Å². The van der Waals surface area contributed by atoms with Crippen LogP contribution in [0.5, 0.6) is 5.88 Å². The number of rotatable bonds is 5. The Labute approximate surface area is 112 Å². The van der Waals surface area contributed by atoms with E-state index in [-0.39, 0.29) is 0 Å². The fraction of sp³-hybridized carbons (Fsp3) is 0.600. The van der Waals surface area contributed by atoms with Crippen molar-refractivity contribution in [2.24, 2.45) is 0 Å². The number of anilines is 1. The molecule has 1 aliphatic carbocycles. The summed E-state index contributed by atoms with van der Waals surface area (Å²) in [7, 11) is 1.61. The van der Waals surface area contributed by atoms with Crippen molar-refractivity contribution in [3.63, 3.8) is 0 Å². The van der Waals surface area contributed by atoms with Crippen LogP contribution in [0.1, 0.15) is 12.8 Å². The molecule has 16 heavy (non-hydrogen) atoms. The monoisotopic (exact) mass is 349 g/mol. The molecule has 0 unspecified atom stereocenters. The lowest BCUT2D eigenvalue weighted by atomic mass is 10.5. The van der Waals surface area contributed by atoms with Gasteiger partial charge in [-0.1, -0.05) is 15.9 Å². The zero-order valence-electron chi connectivity index (χ0n) is 8.99. The number of alkyl halides is 1.